The van der Waals surface area contributed by atoms with Crippen molar-refractivity contribution in [3.8, 4) is 5.75 Å². The van der Waals surface area contributed by atoms with E-state index in [0.29, 0.717) is 5.56 Å². The summed E-state index contributed by atoms with van der Waals surface area (Å²) in [7, 11) is 0. The highest BCUT2D eigenvalue weighted by molar-refractivity contribution is 5.96. The van der Waals surface area contributed by atoms with Crippen LogP contribution in [-0.4, -0.2) is 80.2 Å². The maximum atomic E-state index is 12.7. The van der Waals surface area contributed by atoms with Crippen LogP contribution >= 0.6 is 0 Å². The van der Waals surface area contributed by atoms with Crippen LogP contribution < -0.4 is 21.7 Å². The summed E-state index contributed by atoms with van der Waals surface area (Å²) in [4.78, 5) is 71.8. The molecule has 36 heavy (non-hydrogen) atoms. The first-order valence-electron chi connectivity index (χ1n) is 10.8. The Morgan fingerprint density at radius 3 is 1.56 bits per heavy atom. The number of nitrogens with two attached hydrogens (primary N) is 1. The molecule has 0 bridgehead atoms. The largest absolute Gasteiger partial charge is 0.508 e. The van der Waals surface area contributed by atoms with Gasteiger partial charge in [-0.15, -0.1) is 0 Å². The molecule has 0 aliphatic carbocycles. The van der Waals surface area contributed by atoms with Gasteiger partial charge in [0.15, 0.2) is 0 Å². The van der Waals surface area contributed by atoms with E-state index in [1.165, 1.54) is 24.3 Å². The molecule has 0 aliphatic rings. The molecule has 1 aromatic carbocycles. The van der Waals surface area contributed by atoms with Crippen LogP contribution in [0.5, 0.6) is 5.75 Å². The van der Waals surface area contributed by atoms with Crippen LogP contribution in [0.4, 0.5) is 0 Å². The minimum Gasteiger partial charge on any atom is -0.508 e. The molecule has 0 radical (unpaired) electrons. The number of benzene rings is 1. The molecular formula is C22H30N4O10. The number of aromatic hydroxyl groups is 1. The van der Waals surface area contributed by atoms with Gasteiger partial charge in [-0.2, -0.15) is 0 Å². The van der Waals surface area contributed by atoms with Crippen molar-refractivity contribution in [1.29, 1.82) is 0 Å². The lowest BCUT2D eigenvalue weighted by Gasteiger charge is -2.24. The Morgan fingerprint density at radius 2 is 1.17 bits per heavy atom. The van der Waals surface area contributed by atoms with Gasteiger partial charge in [-0.05, 0) is 23.6 Å². The van der Waals surface area contributed by atoms with Gasteiger partial charge in [0.1, 0.15) is 23.9 Å². The number of nitrogens with one attached hydrogen (secondary N) is 3. The summed E-state index contributed by atoms with van der Waals surface area (Å²) in [6.07, 6.45) is -2.06. The standard InChI is InChI=1S/C22H30N4O10/c1-10(2)18(23)21(34)25-14(9-17(30)31)19(32)24-13(8-16(28)29)20(33)26-15(22(35)36)7-11-3-5-12(27)6-4-11/h3-6,10,13-15,18,27H,7-9,23H2,1-2H3,(H,24,32)(H,25,34)(H,26,33)(H,28,29)(H,30,31)(H,35,36). The SMILES string of the molecule is CC(C)C(N)C(=O)NC(CC(=O)O)C(=O)NC(CC(=O)O)C(=O)NC(Cc1ccc(O)cc1)C(=O)O. The minimum atomic E-state index is -1.79. The Morgan fingerprint density at radius 1 is 0.750 bits per heavy atom. The van der Waals surface area contributed by atoms with Gasteiger partial charge in [0.25, 0.3) is 0 Å². The van der Waals surface area contributed by atoms with E-state index in [1.807, 2.05) is 0 Å². The highest BCUT2D eigenvalue weighted by Gasteiger charge is 2.33. The molecule has 0 fully saturated rings. The van der Waals surface area contributed by atoms with Crippen molar-refractivity contribution >= 4 is 35.6 Å². The van der Waals surface area contributed by atoms with Crippen molar-refractivity contribution in [1.82, 2.24) is 16.0 Å². The number of carboxylic acids is 3. The zero-order valence-electron chi connectivity index (χ0n) is 19.6. The summed E-state index contributed by atoms with van der Waals surface area (Å²) in [6, 6.07) is -0.585. The Balaban J connectivity index is 3.04. The molecule has 0 saturated heterocycles. The zero-order valence-corrected chi connectivity index (χ0v) is 19.6. The average Bonchev–Trinajstić information content (AvgIpc) is 2.77. The molecule has 0 heterocycles. The molecule has 1 aromatic rings. The maximum absolute atomic E-state index is 12.7. The van der Waals surface area contributed by atoms with Crippen LogP contribution in [0.1, 0.15) is 32.3 Å². The Kier molecular flexibility index (Phi) is 11.3. The monoisotopic (exact) mass is 510 g/mol. The zero-order chi connectivity index (χ0) is 27.6. The number of aliphatic carboxylic acids is 3. The second kappa shape index (κ2) is 13.6. The topological polar surface area (TPSA) is 245 Å². The number of carbonyl (C=O) groups excluding carboxylic acids is 3. The smallest absolute Gasteiger partial charge is 0.326 e. The van der Waals surface area contributed by atoms with E-state index in [4.69, 9.17) is 15.9 Å². The first-order chi connectivity index (χ1) is 16.7. The van der Waals surface area contributed by atoms with Crippen molar-refractivity contribution in [3.05, 3.63) is 29.8 Å². The number of hydrogen-bond donors (Lipinski definition) is 8. The fourth-order valence-corrected chi connectivity index (χ4v) is 2.95. The van der Waals surface area contributed by atoms with Crippen LogP contribution in [0.3, 0.4) is 0 Å². The van der Waals surface area contributed by atoms with Gasteiger partial charge >= 0.3 is 17.9 Å². The molecule has 4 atom stereocenters. The summed E-state index contributed by atoms with van der Waals surface area (Å²) >= 11 is 0. The van der Waals surface area contributed by atoms with Crippen LogP contribution in [0.15, 0.2) is 24.3 Å². The summed E-state index contributed by atoms with van der Waals surface area (Å²) < 4.78 is 0. The first-order valence-corrected chi connectivity index (χ1v) is 10.8. The van der Waals surface area contributed by atoms with Gasteiger partial charge in [0, 0.05) is 6.42 Å². The molecule has 0 saturated carbocycles. The molecule has 0 aliphatic heterocycles. The second-order valence-corrected chi connectivity index (χ2v) is 8.36. The molecule has 198 valence electrons. The van der Waals surface area contributed by atoms with Crippen LogP contribution in [0.2, 0.25) is 0 Å². The number of phenols is 1. The van der Waals surface area contributed by atoms with Gasteiger partial charge in [-0.1, -0.05) is 26.0 Å². The summed E-state index contributed by atoms with van der Waals surface area (Å²) in [5.74, 6) is -7.98. The number of phenolic OH excluding ortho intramolecular Hbond substituents is 1. The van der Waals surface area contributed by atoms with Crippen molar-refractivity contribution in [3.63, 3.8) is 0 Å². The van der Waals surface area contributed by atoms with Crippen molar-refractivity contribution in [2.75, 3.05) is 0 Å². The van der Waals surface area contributed by atoms with Gasteiger partial charge in [0.05, 0.1) is 18.9 Å². The molecular weight excluding hydrogens is 480 g/mol. The Labute approximate surface area is 205 Å². The molecule has 1 rings (SSSR count). The average molecular weight is 511 g/mol. The van der Waals surface area contributed by atoms with E-state index in [2.05, 4.69) is 16.0 Å². The van der Waals surface area contributed by atoms with E-state index in [0.717, 1.165) is 0 Å². The highest BCUT2D eigenvalue weighted by Crippen LogP contribution is 2.12. The molecule has 4 unspecified atom stereocenters. The Bertz CT molecular complexity index is 980. The van der Waals surface area contributed by atoms with Crippen LogP contribution in [0, 0.1) is 5.92 Å². The van der Waals surface area contributed by atoms with Gasteiger partial charge in [0.2, 0.25) is 17.7 Å². The fourth-order valence-electron chi connectivity index (χ4n) is 2.95. The molecule has 0 aromatic heterocycles. The van der Waals surface area contributed by atoms with Gasteiger partial charge in [-0.25, -0.2) is 4.79 Å². The number of rotatable bonds is 14. The van der Waals surface area contributed by atoms with Gasteiger partial charge in [-0.3, -0.25) is 24.0 Å². The fraction of sp³-hybridized carbons (Fsp3) is 0.455. The van der Waals surface area contributed by atoms with E-state index in [1.54, 1.807) is 13.8 Å². The van der Waals surface area contributed by atoms with E-state index in [-0.39, 0.29) is 18.1 Å². The molecule has 3 amide bonds. The lowest BCUT2D eigenvalue weighted by Crippen LogP contribution is -2.58. The maximum Gasteiger partial charge on any atom is 0.326 e. The number of carboxylic acid groups (broad SMARTS) is 3. The van der Waals surface area contributed by atoms with Crippen molar-refractivity contribution in [2.45, 2.75) is 57.3 Å². The summed E-state index contributed by atoms with van der Waals surface area (Å²) in [5.41, 5.74) is 6.14. The van der Waals surface area contributed by atoms with Crippen LogP contribution in [0.25, 0.3) is 0 Å². The van der Waals surface area contributed by atoms with Crippen LogP contribution in [-0.2, 0) is 35.2 Å². The molecule has 9 N–H and O–H groups in total. The predicted octanol–water partition coefficient (Wildman–Crippen LogP) is -1.59. The number of amides is 3. The van der Waals surface area contributed by atoms with Crippen molar-refractivity contribution in [2.24, 2.45) is 11.7 Å². The summed E-state index contributed by atoms with van der Waals surface area (Å²) in [6.45, 7) is 3.25. The minimum absolute atomic E-state index is 0.0590. The lowest BCUT2D eigenvalue weighted by molar-refractivity contribution is -0.145. The van der Waals surface area contributed by atoms with E-state index < -0.39 is 72.6 Å². The molecule has 14 nitrogen and oxygen atoms in total. The van der Waals surface area contributed by atoms with Gasteiger partial charge < -0.3 is 42.1 Å². The molecule has 0 spiro atoms. The highest BCUT2D eigenvalue weighted by atomic mass is 16.4. The lowest BCUT2D eigenvalue weighted by atomic mass is 10.0. The van der Waals surface area contributed by atoms with Crippen molar-refractivity contribution < 1.29 is 49.2 Å². The third-order valence-electron chi connectivity index (χ3n) is 5.04. The summed E-state index contributed by atoms with van der Waals surface area (Å²) in [5, 5.41) is 43.5. The third kappa shape index (κ3) is 9.97. The molecule has 14 heteroatoms. The number of hydrogen-bond acceptors (Lipinski definition) is 8. The van der Waals surface area contributed by atoms with E-state index >= 15 is 0 Å². The predicted molar refractivity (Wildman–Crippen MR) is 123 cm³/mol. The quantitative estimate of drug-likeness (QED) is 0.142. The Hall–Kier alpha value is -4.20. The first kappa shape index (κ1) is 29.8. The van der Waals surface area contributed by atoms with E-state index in [9.17, 15) is 39.0 Å². The number of carbonyl (C=O) groups is 6. The normalized spacial score (nSPS) is 14.1. The third-order valence-corrected chi connectivity index (χ3v) is 5.04. The second-order valence-electron chi connectivity index (χ2n) is 8.36.